The van der Waals surface area contributed by atoms with Crippen molar-refractivity contribution >= 4 is 35.0 Å². The molecule has 0 aliphatic rings. The van der Waals surface area contributed by atoms with Crippen molar-refractivity contribution < 1.29 is 9.53 Å². The number of benzene rings is 1. The summed E-state index contributed by atoms with van der Waals surface area (Å²) in [6.07, 6.45) is 1.28. The van der Waals surface area contributed by atoms with Gasteiger partial charge in [0.1, 0.15) is 5.75 Å². The average molecular weight is 446 g/mol. The molecule has 2 heterocycles. The maximum Gasteiger partial charge on any atom is 0.234 e. The van der Waals surface area contributed by atoms with E-state index in [1.54, 1.807) is 18.3 Å². The minimum absolute atomic E-state index is 0.170. The lowest BCUT2D eigenvalue weighted by atomic mass is 10.0. The predicted octanol–water partition coefficient (Wildman–Crippen LogP) is 4.86. The summed E-state index contributed by atoms with van der Waals surface area (Å²) >= 11 is 7.25. The molecule has 0 fully saturated rings. The lowest BCUT2D eigenvalue weighted by Gasteiger charge is -2.15. The van der Waals surface area contributed by atoms with Crippen LogP contribution in [0.25, 0.3) is 0 Å². The molecule has 158 valence electrons. The topological polar surface area (TPSA) is 81.9 Å². The van der Waals surface area contributed by atoms with Gasteiger partial charge >= 0.3 is 0 Å². The molecule has 0 spiro atoms. The van der Waals surface area contributed by atoms with Crippen LogP contribution in [0, 0.1) is 0 Å². The lowest BCUT2D eigenvalue weighted by molar-refractivity contribution is -0.113. The maximum absolute atomic E-state index is 12.2. The highest BCUT2D eigenvalue weighted by molar-refractivity contribution is 7.99. The predicted molar refractivity (Wildman–Crippen MR) is 119 cm³/mol. The van der Waals surface area contributed by atoms with Gasteiger partial charge in [0.15, 0.2) is 22.2 Å². The van der Waals surface area contributed by atoms with Crippen molar-refractivity contribution in [3.05, 3.63) is 59.1 Å². The molecule has 7 nitrogen and oxygen atoms in total. The second-order valence-corrected chi connectivity index (χ2v) is 8.36. The number of carbonyl (C=O) groups excluding carboxylic acids is 1. The van der Waals surface area contributed by atoms with Crippen molar-refractivity contribution in [2.24, 2.45) is 7.05 Å². The van der Waals surface area contributed by atoms with Crippen molar-refractivity contribution in [2.75, 3.05) is 11.1 Å². The van der Waals surface area contributed by atoms with Gasteiger partial charge in [-0.3, -0.25) is 4.79 Å². The Kier molecular flexibility index (Phi) is 7.33. The largest absolute Gasteiger partial charge is 0.483 e. The Balaban J connectivity index is 1.58. The normalized spacial score (nSPS) is 12.1. The summed E-state index contributed by atoms with van der Waals surface area (Å²) in [5.41, 5.74) is 1.74. The molecule has 0 aliphatic carbocycles. The van der Waals surface area contributed by atoms with Crippen LogP contribution in [0.3, 0.4) is 0 Å². The molecule has 30 heavy (non-hydrogen) atoms. The van der Waals surface area contributed by atoms with E-state index in [9.17, 15) is 4.79 Å². The minimum Gasteiger partial charge on any atom is -0.483 e. The number of nitrogens with one attached hydrogen (secondary N) is 1. The fourth-order valence-corrected chi connectivity index (χ4v) is 3.67. The van der Waals surface area contributed by atoms with Gasteiger partial charge in [-0.15, -0.1) is 10.2 Å². The molecule has 2 aromatic heterocycles. The SMILES string of the molecule is CC(C)c1ccc(OC(C)c2nnc(SCC(=O)Nc3cccnc3Cl)n2C)cc1. The molecule has 1 unspecified atom stereocenters. The highest BCUT2D eigenvalue weighted by Crippen LogP contribution is 2.25. The first-order chi connectivity index (χ1) is 14.3. The Morgan fingerprint density at radius 2 is 1.93 bits per heavy atom. The third kappa shape index (κ3) is 5.52. The van der Waals surface area contributed by atoms with Crippen molar-refractivity contribution in [3.63, 3.8) is 0 Å². The van der Waals surface area contributed by atoms with Gasteiger partial charge in [0.2, 0.25) is 5.91 Å². The van der Waals surface area contributed by atoms with Crippen LogP contribution in [0.1, 0.15) is 44.2 Å². The van der Waals surface area contributed by atoms with Crippen LogP contribution in [-0.4, -0.2) is 31.4 Å². The number of nitrogens with zero attached hydrogens (tertiary/aromatic N) is 4. The summed E-state index contributed by atoms with van der Waals surface area (Å²) in [6, 6.07) is 11.5. The molecule has 0 radical (unpaired) electrons. The second-order valence-electron chi connectivity index (χ2n) is 7.06. The Bertz CT molecular complexity index is 1010. The van der Waals surface area contributed by atoms with Crippen LogP contribution in [0.2, 0.25) is 5.15 Å². The molecule has 3 aromatic rings. The van der Waals surface area contributed by atoms with Crippen LogP contribution in [0.5, 0.6) is 5.75 Å². The summed E-state index contributed by atoms with van der Waals surface area (Å²) in [4.78, 5) is 16.1. The number of ether oxygens (including phenoxy) is 1. The van der Waals surface area contributed by atoms with E-state index >= 15 is 0 Å². The quantitative estimate of drug-likeness (QED) is 0.394. The van der Waals surface area contributed by atoms with Gasteiger partial charge in [-0.1, -0.05) is 49.3 Å². The molecular weight excluding hydrogens is 422 g/mol. The van der Waals surface area contributed by atoms with E-state index in [4.69, 9.17) is 16.3 Å². The van der Waals surface area contributed by atoms with E-state index in [-0.39, 0.29) is 22.9 Å². The summed E-state index contributed by atoms with van der Waals surface area (Å²) in [6.45, 7) is 6.23. The van der Waals surface area contributed by atoms with Crippen LogP contribution in [0.15, 0.2) is 47.8 Å². The monoisotopic (exact) mass is 445 g/mol. The van der Waals surface area contributed by atoms with Crippen LogP contribution in [0.4, 0.5) is 5.69 Å². The molecule has 1 amide bonds. The van der Waals surface area contributed by atoms with Gasteiger partial charge in [0.05, 0.1) is 11.4 Å². The number of pyridine rings is 1. The first-order valence-electron chi connectivity index (χ1n) is 9.54. The van der Waals surface area contributed by atoms with Crippen LogP contribution in [-0.2, 0) is 11.8 Å². The number of carbonyl (C=O) groups is 1. The first kappa shape index (κ1) is 22.1. The fourth-order valence-electron chi connectivity index (χ4n) is 2.79. The molecule has 0 saturated carbocycles. The molecular formula is C21H24ClN5O2S. The van der Waals surface area contributed by atoms with Gasteiger partial charge in [-0.25, -0.2) is 4.98 Å². The summed E-state index contributed by atoms with van der Waals surface area (Å²) in [7, 11) is 1.86. The Morgan fingerprint density at radius 1 is 1.20 bits per heavy atom. The van der Waals surface area contributed by atoms with Gasteiger partial charge in [-0.2, -0.15) is 0 Å². The van der Waals surface area contributed by atoms with E-state index in [0.717, 1.165) is 5.75 Å². The third-order valence-electron chi connectivity index (χ3n) is 4.46. The number of hydrogen-bond acceptors (Lipinski definition) is 6. The smallest absolute Gasteiger partial charge is 0.234 e. The molecule has 1 aromatic carbocycles. The Hall–Kier alpha value is -2.58. The van der Waals surface area contributed by atoms with Gasteiger partial charge in [0.25, 0.3) is 0 Å². The molecule has 9 heteroatoms. The highest BCUT2D eigenvalue weighted by atomic mass is 35.5. The Morgan fingerprint density at radius 3 is 2.60 bits per heavy atom. The zero-order valence-corrected chi connectivity index (χ0v) is 18.9. The van der Waals surface area contributed by atoms with Crippen LogP contribution >= 0.6 is 23.4 Å². The lowest BCUT2D eigenvalue weighted by Crippen LogP contribution is -2.15. The number of hydrogen-bond donors (Lipinski definition) is 1. The second kappa shape index (κ2) is 9.95. The molecule has 3 rings (SSSR count). The average Bonchev–Trinajstić information content (AvgIpc) is 3.09. The van der Waals surface area contributed by atoms with E-state index in [1.165, 1.54) is 17.3 Å². The number of rotatable bonds is 8. The van der Waals surface area contributed by atoms with E-state index < -0.39 is 0 Å². The van der Waals surface area contributed by atoms with Crippen molar-refractivity contribution in [1.82, 2.24) is 19.7 Å². The zero-order valence-electron chi connectivity index (χ0n) is 17.3. The third-order valence-corrected chi connectivity index (χ3v) is 5.78. The van der Waals surface area contributed by atoms with Gasteiger partial charge in [0, 0.05) is 13.2 Å². The van der Waals surface area contributed by atoms with Crippen LogP contribution < -0.4 is 10.1 Å². The molecule has 0 saturated heterocycles. The molecule has 0 aliphatic heterocycles. The summed E-state index contributed by atoms with van der Waals surface area (Å²) in [5, 5.41) is 12.0. The molecule has 1 atom stereocenters. The Labute approximate surface area is 185 Å². The number of halogens is 1. The van der Waals surface area contributed by atoms with E-state index in [1.807, 2.05) is 30.7 Å². The van der Waals surface area contributed by atoms with Crippen molar-refractivity contribution in [3.8, 4) is 5.75 Å². The number of anilines is 1. The first-order valence-corrected chi connectivity index (χ1v) is 10.9. The van der Waals surface area contributed by atoms with Crippen molar-refractivity contribution in [1.29, 1.82) is 0 Å². The standard InChI is InChI=1S/C21H24ClN5O2S/c1-13(2)15-7-9-16(10-8-15)29-14(3)20-25-26-21(27(20)4)30-12-18(28)24-17-6-5-11-23-19(17)22/h5-11,13-14H,12H2,1-4H3,(H,24,28). The number of thioether (sulfide) groups is 1. The molecule has 0 bridgehead atoms. The van der Waals surface area contributed by atoms with Crippen molar-refractivity contribution in [2.45, 2.75) is 37.9 Å². The summed E-state index contributed by atoms with van der Waals surface area (Å²) in [5.74, 6) is 1.90. The summed E-state index contributed by atoms with van der Waals surface area (Å²) < 4.78 is 7.85. The minimum atomic E-state index is -0.287. The molecule has 1 N–H and O–H groups in total. The fraction of sp³-hybridized carbons (Fsp3) is 0.333. The maximum atomic E-state index is 12.2. The number of amides is 1. The van der Waals surface area contributed by atoms with E-state index in [2.05, 4.69) is 46.5 Å². The van der Waals surface area contributed by atoms with Gasteiger partial charge in [-0.05, 0) is 42.7 Å². The zero-order chi connectivity index (χ0) is 21.7. The number of aromatic nitrogens is 4. The van der Waals surface area contributed by atoms with E-state index in [0.29, 0.717) is 22.6 Å². The van der Waals surface area contributed by atoms with Gasteiger partial charge < -0.3 is 14.6 Å². The highest BCUT2D eigenvalue weighted by Gasteiger charge is 2.18.